The largest absolute Gasteiger partial charge is 0.416 e. The molecule has 1 saturated carbocycles. The van der Waals surface area contributed by atoms with E-state index in [0.29, 0.717) is 17.7 Å². The van der Waals surface area contributed by atoms with Crippen molar-refractivity contribution in [2.24, 2.45) is 0 Å². The molecule has 114 valence electrons. The maximum atomic E-state index is 12.4. The maximum absolute atomic E-state index is 12.4. The van der Waals surface area contributed by atoms with Gasteiger partial charge in [-0.05, 0) is 12.8 Å². The fourth-order valence-corrected chi connectivity index (χ4v) is 2.97. The molecule has 0 bridgehead atoms. The summed E-state index contributed by atoms with van der Waals surface area (Å²) in [5.74, 6) is -0.618. The molecule has 2 rings (SSSR count). The number of carbonyl (C=O) groups excluding carboxylic acids is 2. The van der Waals surface area contributed by atoms with Gasteiger partial charge < -0.3 is 10.0 Å². The molecule has 1 atom stereocenters. The van der Waals surface area contributed by atoms with E-state index >= 15 is 0 Å². The zero-order chi connectivity index (χ0) is 15.1. The average Bonchev–Trinajstić information content (AvgIpc) is 2.55. The number of urea groups is 1. The van der Waals surface area contributed by atoms with Crippen LogP contribution in [0.1, 0.15) is 32.1 Å². The van der Waals surface area contributed by atoms with Gasteiger partial charge in [-0.2, -0.15) is 13.2 Å². The van der Waals surface area contributed by atoms with Gasteiger partial charge >= 0.3 is 12.2 Å². The highest BCUT2D eigenvalue weighted by Crippen LogP contribution is 2.39. The summed E-state index contributed by atoms with van der Waals surface area (Å²) in [6.07, 6.45) is -4.15. The molecule has 1 heterocycles. The van der Waals surface area contributed by atoms with Crippen LogP contribution in [-0.4, -0.2) is 58.3 Å². The first-order valence-electron chi connectivity index (χ1n) is 6.55. The molecule has 0 aromatic rings. The summed E-state index contributed by atoms with van der Waals surface area (Å²) in [7, 11) is 1.44. The number of hydrogen-bond acceptors (Lipinski definition) is 3. The Morgan fingerprint density at radius 2 is 1.80 bits per heavy atom. The number of alkyl halides is 3. The van der Waals surface area contributed by atoms with E-state index < -0.39 is 36.3 Å². The van der Waals surface area contributed by atoms with Crippen LogP contribution in [0.3, 0.4) is 0 Å². The second-order valence-corrected chi connectivity index (χ2v) is 5.41. The second-order valence-electron chi connectivity index (χ2n) is 5.41. The highest BCUT2D eigenvalue weighted by molar-refractivity contribution is 6.07. The van der Waals surface area contributed by atoms with Gasteiger partial charge in [0.1, 0.15) is 5.54 Å². The number of β-amino-alcohol motifs (C(OH)–C–C–N with tert-alkyl or cyclic N) is 1. The topological polar surface area (TPSA) is 60.9 Å². The quantitative estimate of drug-likeness (QED) is 0.785. The number of amides is 3. The van der Waals surface area contributed by atoms with Crippen LogP contribution in [0, 0.1) is 0 Å². The molecule has 0 aromatic heterocycles. The Balaban J connectivity index is 2.20. The summed E-state index contributed by atoms with van der Waals surface area (Å²) in [4.78, 5) is 26.1. The molecule has 0 aromatic carbocycles. The molecule has 5 nitrogen and oxygen atoms in total. The number of aliphatic hydroxyl groups excluding tert-OH is 1. The lowest BCUT2D eigenvalue weighted by Gasteiger charge is -2.35. The number of halogens is 3. The van der Waals surface area contributed by atoms with Crippen LogP contribution < -0.4 is 0 Å². The van der Waals surface area contributed by atoms with Crippen molar-refractivity contribution < 1.29 is 27.9 Å². The number of aliphatic hydroxyl groups is 1. The molecule has 1 spiro atoms. The van der Waals surface area contributed by atoms with E-state index in [9.17, 15) is 22.8 Å². The summed E-state index contributed by atoms with van der Waals surface area (Å²) in [5.41, 5.74) is -1.01. The monoisotopic (exact) mass is 294 g/mol. The Labute approximate surface area is 114 Å². The second kappa shape index (κ2) is 4.91. The van der Waals surface area contributed by atoms with Crippen molar-refractivity contribution in [3.63, 3.8) is 0 Å². The molecule has 1 aliphatic carbocycles. The zero-order valence-corrected chi connectivity index (χ0v) is 11.1. The summed E-state index contributed by atoms with van der Waals surface area (Å²) in [5, 5.41) is 9.07. The standard InChI is InChI=1S/C12H17F3N2O3/c1-16-10(20)17(7-8(18)12(13,14)15)9(19)11(16)5-3-2-4-6-11/h8,18H,2-7H2,1H3/t8-/m0/s1. The molecule has 2 aliphatic rings. The van der Waals surface area contributed by atoms with Crippen molar-refractivity contribution in [1.29, 1.82) is 0 Å². The van der Waals surface area contributed by atoms with E-state index in [1.165, 1.54) is 11.9 Å². The molecule has 3 amide bonds. The molecule has 20 heavy (non-hydrogen) atoms. The number of nitrogens with zero attached hydrogens (tertiary/aromatic N) is 2. The lowest BCUT2D eigenvalue weighted by molar-refractivity contribution is -0.206. The van der Waals surface area contributed by atoms with Crippen LogP contribution in [0.5, 0.6) is 0 Å². The van der Waals surface area contributed by atoms with E-state index in [1.807, 2.05) is 0 Å². The first-order valence-corrected chi connectivity index (χ1v) is 6.55. The van der Waals surface area contributed by atoms with E-state index in [-0.39, 0.29) is 0 Å². The Hall–Kier alpha value is -1.31. The smallest absolute Gasteiger partial charge is 0.382 e. The normalized spacial score (nSPS) is 24.6. The molecule has 1 aliphatic heterocycles. The Bertz CT molecular complexity index is 419. The molecule has 0 unspecified atom stereocenters. The van der Waals surface area contributed by atoms with Gasteiger partial charge in [0.15, 0.2) is 6.10 Å². The van der Waals surface area contributed by atoms with Crippen molar-refractivity contribution in [3.8, 4) is 0 Å². The minimum absolute atomic E-state index is 0.465. The van der Waals surface area contributed by atoms with E-state index in [2.05, 4.69) is 0 Å². The number of imide groups is 1. The highest BCUT2D eigenvalue weighted by atomic mass is 19.4. The van der Waals surface area contributed by atoms with Crippen LogP contribution in [0.25, 0.3) is 0 Å². The highest BCUT2D eigenvalue weighted by Gasteiger charge is 2.57. The molecule has 0 radical (unpaired) electrons. The van der Waals surface area contributed by atoms with E-state index in [1.54, 1.807) is 0 Å². The van der Waals surface area contributed by atoms with Gasteiger partial charge in [-0.3, -0.25) is 9.69 Å². The zero-order valence-electron chi connectivity index (χ0n) is 11.1. The predicted molar refractivity (Wildman–Crippen MR) is 62.7 cm³/mol. The molecule has 1 saturated heterocycles. The fourth-order valence-electron chi connectivity index (χ4n) is 2.97. The first kappa shape index (κ1) is 15.1. The van der Waals surface area contributed by atoms with Gasteiger partial charge in [0.25, 0.3) is 5.91 Å². The van der Waals surface area contributed by atoms with Gasteiger partial charge in [0.2, 0.25) is 0 Å². The van der Waals surface area contributed by atoms with Crippen molar-refractivity contribution in [3.05, 3.63) is 0 Å². The van der Waals surface area contributed by atoms with Gasteiger partial charge in [-0.25, -0.2) is 4.79 Å². The molecule has 1 N–H and O–H groups in total. The van der Waals surface area contributed by atoms with Crippen molar-refractivity contribution in [2.75, 3.05) is 13.6 Å². The number of rotatable bonds is 2. The number of carbonyl (C=O) groups is 2. The summed E-state index contributed by atoms with van der Waals surface area (Å²) in [6.45, 7) is -1.03. The Morgan fingerprint density at radius 3 is 2.30 bits per heavy atom. The van der Waals surface area contributed by atoms with E-state index in [0.717, 1.165) is 19.3 Å². The average molecular weight is 294 g/mol. The predicted octanol–water partition coefficient (Wildman–Crippen LogP) is 1.51. The van der Waals surface area contributed by atoms with Crippen LogP contribution in [0.4, 0.5) is 18.0 Å². The molecular weight excluding hydrogens is 277 g/mol. The first-order chi connectivity index (χ1) is 9.20. The fraction of sp³-hybridized carbons (Fsp3) is 0.833. The number of likely N-dealkylation sites (N-methyl/N-ethyl adjacent to an activating group) is 1. The third-order valence-corrected chi connectivity index (χ3v) is 4.22. The summed E-state index contributed by atoms with van der Waals surface area (Å²) < 4.78 is 37.1. The van der Waals surface area contributed by atoms with Gasteiger partial charge in [0.05, 0.1) is 6.54 Å². The Kier molecular flexibility index (Phi) is 3.70. The number of hydrogen-bond donors (Lipinski definition) is 1. The molecular formula is C12H17F3N2O3. The van der Waals surface area contributed by atoms with Gasteiger partial charge in [-0.15, -0.1) is 0 Å². The minimum atomic E-state index is -4.85. The Morgan fingerprint density at radius 1 is 1.25 bits per heavy atom. The third-order valence-electron chi connectivity index (χ3n) is 4.22. The van der Waals surface area contributed by atoms with Crippen LogP contribution in [0.2, 0.25) is 0 Å². The van der Waals surface area contributed by atoms with Crippen LogP contribution in [0.15, 0.2) is 0 Å². The van der Waals surface area contributed by atoms with Crippen molar-refractivity contribution in [1.82, 2.24) is 9.80 Å². The van der Waals surface area contributed by atoms with Gasteiger partial charge in [-0.1, -0.05) is 19.3 Å². The minimum Gasteiger partial charge on any atom is -0.382 e. The third kappa shape index (κ3) is 2.25. The summed E-state index contributed by atoms with van der Waals surface area (Å²) in [6, 6.07) is -0.764. The lowest BCUT2D eigenvalue weighted by Crippen LogP contribution is -2.50. The van der Waals surface area contributed by atoms with E-state index in [4.69, 9.17) is 5.11 Å². The molecule has 2 fully saturated rings. The van der Waals surface area contributed by atoms with Crippen molar-refractivity contribution in [2.45, 2.75) is 49.9 Å². The van der Waals surface area contributed by atoms with Gasteiger partial charge in [0, 0.05) is 7.05 Å². The summed E-state index contributed by atoms with van der Waals surface area (Å²) >= 11 is 0. The van der Waals surface area contributed by atoms with Crippen molar-refractivity contribution >= 4 is 11.9 Å². The lowest BCUT2D eigenvalue weighted by atomic mass is 9.81. The van der Waals surface area contributed by atoms with Crippen LogP contribution >= 0.6 is 0 Å². The molecule has 8 heteroatoms. The maximum Gasteiger partial charge on any atom is 0.416 e. The SMILES string of the molecule is CN1C(=O)N(C[C@H](O)C(F)(F)F)C(=O)C12CCCCC2. The van der Waals surface area contributed by atoms with Crippen LogP contribution in [-0.2, 0) is 4.79 Å².